The Kier molecular flexibility index (Phi) is 2.96. The third-order valence-electron chi connectivity index (χ3n) is 1.97. The van der Waals surface area contributed by atoms with Crippen LogP contribution in [0.5, 0.6) is 0 Å². The van der Waals surface area contributed by atoms with Gasteiger partial charge in [-0.1, -0.05) is 35.1 Å². The highest BCUT2D eigenvalue weighted by Gasteiger charge is 2.20. The van der Waals surface area contributed by atoms with Gasteiger partial charge in [-0.05, 0) is 19.1 Å². The van der Waals surface area contributed by atoms with Gasteiger partial charge in [-0.3, -0.25) is 0 Å². The van der Waals surface area contributed by atoms with Gasteiger partial charge >= 0.3 is 5.97 Å². The fraction of sp³-hybridized carbons (Fsp3) is 0.0909. The SMILES string of the molecule is Cc1noc(C(=O)O)c1Sc1ccccc1. The number of rotatable bonds is 3. The maximum absolute atomic E-state index is 10.9. The molecule has 1 N–H and O–H groups in total. The predicted octanol–water partition coefficient (Wildman–Crippen LogP) is 2.83. The fourth-order valence-electron chi connectivity index (χ4n) is 1.22. The Balaban J connectivity index is 2.34. The standard InChI is InChI=1S/C11H9NO3S/c1-7-10(9(11(13)14)15-12-7)16-8-5-3-2-4-6-8/h2-6H,1H3,(H,13,14). The van der Waals surface area contributed by atoms with Crippen LogP contribution in [0.4, 0.5) is 0 Å². The molecular formula is C11H9NO3S. The van der Waals surface area contributed by atoms with Crippen LogP contribution in [0.3, 0.4) is 0 Å². The van der Waals surface area contributed by atoms with Crippen LogP contribution in [0.1, 0.15) is 16.2 Å². The number of carboxylic acid groups (broad SMARTS) is 1. The van der Waals surface area contributed by atoms with E-state index in [1.165, 1.54) is 11.8 Å². The molecule has 0 aliphatic heterocycles. The summed E-state index contributed by atoms with van der Waals surface area (Å²) in [6, 6.07) is 9.51. The van der Waals surface area contributed by atoms with Crippen molar-refractivity contribution in [2.24, 2.45) is 0 Å². The summed E-state index contributed by atoms with van der Waals surface area (Å²) >= 11 is 1.34. The number of aromatic carboxylic acids is 1. The zero-order valence-corrected chi connectivity index (χ0v) is 9.32. The summed E-state index contributed by atoms with van der Waals surface area (Å²) in [5.41, 5.74) is 0.589. The molecule has 2 aromatic rings. The molecule has 16 heavy (non-hydrogen) atoms. The lowest BCUT2D eigenvalue weighted by atomic mass is 10.4. The quantitative estimate of drug-likeness (QED) is 0.886. The molecule has 82 valence electrons. The van der Waals surface area contributed by atoms with Gasteiger partial charge in [-0.25, -0.2) is 4.79 Å². The Bertz CT molecular complexity index is 507. The molecule has 0 aliphatic rings. The molecule has 0 atom stereocenters. The number of aromatic nitrogens is 1. The first kappa shape index (κ1) is 10.8. The summed E-state index contributed by atoms with van der Waals surface area (Å²) in [4.78, 5) is 12.4. The first-order chi connectivity index (χ1) is 7.68. The molecule has 5 heteroatoms. The molecule has 0 amide bonds. The van der Waals surface area contributed by atoms with Crippen LogP contribution < -0.4 is 0 Å². The van der Waals surface area contributed by atoms with Gasteiger partial charge < -0.3 is 9.63 Å². The third kappa shape index (κ3) is 2.09. The Morgan fingerprint density at radius 2 is 2.06 bits per heavy atom. The van der Waals surface area contributed by atoms with Gasteiger partial charge in [-0.2, -0.15) is 0 Å². The molecule has 0 unspecified atom stereocenters. The number of nitrogens with zero attached hydrogens (tertiary/aromatic N) is 1. The van der Waals surface area contributed by atoms with Crippen LogP contribution in [-0.2, 0) is 0 Å². The molecule has 1 heterocycles. The first-order valence-electron chi connectivity index (χ1n) is 4.61. The number of carboxylic acids is 1. The van der Waals surface area contributed by atoms with Crippen molar-refractivity contribution in [3.8, 4) is 0 Å². The second-order valence-corrected chi connectivity index (χ2v) is 4.23. The normalized spacial score (nSPS) is 10.3. The maximum atomic E-state index is 10.9. The predicted molar refractivity (Wildman–Crippen MR) is 58.8 cm³/mol. The number of carbonyl (C=O) groups is 1. The third-order valence-corrected chi connectivity index (χ3v) is 3.16. The van der Waals surface area contributed by atoms with Crippen molar-refractivity contribution < 1.29 is 14.4 Å². The van der Waals surface area contributed by atoms with E-state index < -0.39 is 5.97 Å². The lowest BCUT2D eigenvalue weighted by Gasteiger charge is -1.99. The molecule has 0 spiro atoms. The lowest BCUT2D eigenvalue weighted by molar-refractivity contribution is 0.0647. The molecule has 2 rings (SSSR count). The van der Waals surface area contributed by atoms with Crippen LogP contribution in [0.15, 0.2) is 44.6 Å². The zero-order valence-electron chi connectivity index (χ0n) is 8.51. The van der Waals surface area contributed by atoms with Crippen LogP contribution >= 0.6 is 11.8 Å². The highest BCUT2D eigenvalue weighted by molar-refractivity contribution is 7.99. The van der Waals surface area contributed by atoms with Gasteiger partial charge in [0.25, 0.3) is 5.76 Å². The summed E-state index contributed by atoms with van der Waals surface area (Å²) < 4.78 is 4.76. The Labute approximate surface area is 96.3 Å². The van der Waals surface area contributed by atoms with Crippen LogP contribution in [-0.4, -0.2) is 16.2 Å². The molecule has 0 fully saturated rings. The molecule has 0 saturated carbocycles. The minimum Gasteiger partial charge on any atom is -0.475 e. The average molecular weight is 235 g/mol. The smallest absolute Gasteiger partial charge is 0.375 e. The number of benzene rings is 1. The van der Waals surface area contributed by atoms with Crippen LogP contribution in [0.25, 0.3) is 0 Å². The fourth-order valence-corrected chi connectivity index (χ4v) is 2.16. The summed E-state index contributed by atoms with van der Waals surface area (Å²) in [6.07, 6.45) is 0. The molecule has 0 bridgehead atoms. The summed E-state index contributed by atoms with van der Waals surface area (Å²) in [6.45, 7) is 1.72. The molecule has 4 nitrogen and oxygen atoms in total. The molecule has 1 aromatic heterocycles. The van der Waals surface area contributed by atoms with E-state index in [0.717, 1.165) is 4.90 Å². The summed E-state index contributed by atoms with van der Waals surface area (Å²) in [5, 5.41) is 12.6. The van der Waals surface area contributed by atoms with Gasteiger partial charge in [-0.15, -0.1) is 0 Å². The number of hydrogen-bond donors (Lipinski definition) is 1. The van der Waals surface area contributed by atoms with E-state index >= 15 is 0 Å². The second kappa shape index (κ2) is 4.40. The summed E-state index contributed by atoms with van der Waals surface area (Å²) in [7, 11) is 0. The van der Waals surface area contributed by atoms with Gasteiger partial charge in [0.2, 0.25) is 0 Å². The average Bonchev–Trinajstić information content (AvgIpc) is 2.62. The van der Waals surface area contributed by atoms with E-state index in [1.54, 1.807) is 6.92 Å². The first-order valence-corrected chi connectivity index (χ1v) is 5.42. The van der Waals surface area contributed by atoms with E-state index in [9.17, 15) is 4.79 Å². The second-order valence-electron chi connectivity index (χ2n) is 3.15. The van der Waals surface area contributed by atoms with E-state index in [-0.39, 0.29) is 5.76 Å². The van der Waals surface area contributed by atoms with Gasteiger partial charge in [0.15, 0.2) is 0 Å². The van der Waals surface area contributed by atoms with Gasteiger partial charge in [0.1, 0.15) is 0 Å². The highest BCUT2D eigenvalue weighted by Crippen LogP contribution is 2.32. The zero-order chi connectivity index (χ0) is 11.5. The van der Waals surface area contributed by atoms with Crippen molar-refractivity contribution in [3.63, 3.8) is 0 Å². The maximum Gasteiger partial charge on any atom is 0.375 e. The van der Waals surface area contributed by atoms with Crippen molar-refractivity contribution in [1.29, 1.82) is 0 Å². The van der Waals surface area contributed by atoms with Crippen LogP contribution in [0, 0.1) is 6.92 Å². The molecular weight excluding hydrogens is 226 g/mol. The van der Waals surface area contributed by atoms with E-state index in [1.807, 2.05) is 30.3 Å². The van der Waals surface area contributed by atoms with Crippen LogP contribution in [0.2, 0.25) is 0 Å². The van der Waals surface area contributed by atoms with Crippen molar-refractivity contribution >= 4 is 17.7 Å². The highest BCUT2D eigenvalue weighted by atomic mass is 32.2. The van der Waals surface area contributed by atoms with Crippen molar-refractivity contribution in [2.45, 2.75) is 16.7 Å². The molecule has 0 radical (unpaired) electrons. The van der Waals surface area contributed by atoms with Crippen molar-refractivity contribution in [3.05, 3.63) is 41.8 Å². The number of aryl methyl sites for hydroxylation is 1. The Hall–Kier alpha value is -1.75. The van der Waals surface area contributed by atoms with E-state index in [4.69, 9.17) is 9.63 Å². The molecule has 0 aliphatic carbocycles. The Morgan fingerprint density at radius 3 is 2.69 bits per heavy atom. The molecule has 0 saturated heterocycles. The Morgan fingerprint density at radius 1 is 1.38 bits per heavy atom. The van der Waals surface area contributed by atoms with Crippen molar-refractivity contribution in [1.82, 2.24) is 5.16 Å². The monoisotopic (exact) mass is 235 g/mol. The van der Waals surface area contributed by atoms with Gasteiger partial charge in [0.05, 0.1) is 10.6 Å². The number of hydrogen-bond acceptors (Lipinski definition) is 4. The molecule has 1 aromatic carbocycles. The van der Waals surface area contributed by atoms with E-state index in [0.29, 0.717) is 10.6 Å². The summed E-state index contributed by atoms with van der Waals surface area (Å²) in [5.74, 6) is -1.20. The van der Waals surface area contributed by atoms with Crippen molar-refractivity contribution in [2.75, 3.05) is 0 Å². The van der Waals surface area contributed by atoms with Gasteiger partial charge in [0, 0.05) is 4.90 Å². The lowest BCUT2D eigenvalue weighted by Crippen LogP contribution is -1.95. The minimum absolute atomic E-state index is 0.105. The topological polar surface area (TPSA) is 63.3 Å². The minimum atomic E-state index is -1.10. The van der Waals surface area contributed by atoms with E-state index in [2.05, 4.69) is 5.16 Å². The largest absolute Gasteiger partial charge is 0.475 e.